The second kappa shape index (κ2) is 5.99. The summed E-state index contributed by atoms with van der Waals surface area (Å²) < 4.78 is 4.77. The third kappa shape index (κ3) is 2.17. The van der Waals surface area contributed by atoms with Crippen LogP contribution in [0.15, 0.2) is 85.5 Å². The molecule has 0 radical (unpaired) electrons. The van der Waals surface area contributed by atoms with E-state index in [2.05, 4.69) is 102 Å². The van der Waals surface area contributed by atoms with E-state index < -0.39 is 0 Å². The van der Waals surface area contributed by atoms with Crippen LogP contribution < -0.4 is 0 Å². The summed E-state index contributed by atoms with van der Waals surface area (Å²) in [6, 6.07) is 22.0. The highest BCUT2D eigenvalue weighted by Crippen LogP contribution is 2.41. The van der Waals surface area contributed by atoms with Gasteiger partial charge in [0.05, 0.1) is 22.1 Å². The van der Waals surface area contributed by atoms with Gasteiger partial charge >= 0.3 is 0 Å². The highest BCUT2D eigenvalue weighted by atomic mass is 15.0. The molecule has 0 saturated carbocycles. The van der Waals surface area contributed by atoms with Gasteiger partial charge in [0, 0.05) is 32.9 Å². The van der Waals surface area contributed by atoms with E-state index in [1.54, 1.807) is 0 Å². The van der Waals surface area contributed by atoms with Crippen LogP contribution in [0.5, 0.6) is 0 Å². The molecule has 1 aliphatic carbocycles. The lowest BCUT2D eigenvalue weighted by molar-refractivity contribution is 1.02. The molecule has 0 unspecified atom stereocenters. The average molecular weight is 374 g/mol. The Labute approximate surface area is 169 Å². The van der Waals surface area contributed by atoms with Gasteiger partial charge in [-0.3, -0.25) is 0 Å². The molecule has 0 fully saturated rings. The maximum Gasteiger partial charge on any atom is 0.0788 e. The fourth-order valence-corrected chi connectivity index (χ4v) is 4.93. The Hall–Kier alpha value is -3.52. The van der Waals surface area contributed by atoms with Gasteiger partial charge in [0.15, 0.2) is 0 Å². The maximum absolute atomic E-state index is 4.33. The van der Waals surface area contributed by atoms with Gasteiger partial charge in [-0.25, -0.2) is 0 Å². The van der Waals surface area contributed by atoms with Gasteiger partial charge < -0.3 is 9.13 Å². The number of nitrogens with zero attached hydrogens (tertiary/aromatic N) is 2. The highest BCUT2D eigenvalue weighted by molar-refractivity contribution is 6.24. The highest BCUT2D eigenvalue weighted by Gasteiger charge is 2.20. The standard InChI is InChI=1S/C27H22N2/c1-18(2)28-24-14-8-6-12-20(24)22-16-17-23-21-13-7-9-15-25(21)29(27(23)26(22)28)19-10-4-3-5-11-19/h4,6-17H,1,3,5H2,2H3. The van der Waals surface area contributed by atoms with Crippen molar-refractivity contribution in [2.45, 2.75) is 19.8 Å². The zero-order valence-corrected chi connectivity index (χ0v) is 16.5. The van der Waals surface area contributed by atoms with Crippen LogP contribution in [0, 0.1) is 0 Å². The van der Waals surface area contributed by atoms with Crippen molar-refractivity contribution in [3.8, 4) is 0 Å². The van der Waals surface area contributed by atoms with Crippen LogP contribution >= 0.6 is 0 Å². The van der Waals surface area contributed by atoms with E-state index in [0.717, 1.165) is 18.5 Å². The van der Waals surface area contributed by atoms with Gasteiger partial charge in [-0.1, -0.05) is 67.3 Å². The Morgan fingerprint density at radius 2 is 1.41 bits per heavy atom. The van der Waals surface area contributed by atoms with Crippen molar-refractivity contribution in [3.05, 3.63) is 85.5 Å². The topological polar surface area (TPSA) is 9.86 Å². The number of hydrogen-bond acceptors (Lipinski definition) is 0. The van der Waals surface area contributed by atoms with Crippen molar-refractivity contribution in [2.24, 2.45) is 0 Å². The normalized spacial score (nSPS) is 14.3. The first-order valence-corrected chi connectivity index (χ1v) is 10.2. The fourth-order valence-electron chi connectivity index (χ4n) is 4.93. The minimum absolute atomic E-state index is 1.04. The van der Waals surface area contributed by atoms with Crippen LogP contribution in [0.3, 0.4) is 0 Å². The summed E-state index contributed by atoms with van der Waals surface area (Å²) in [4.78, 5) is 0. The third-order valence-electron chi connectivity index (χ3n) is 6.08. The van der Waals surface area contributed by atoms with E-state index in [1.165, 1.54) is 49.3 Å². The molecule has 2 aromatic heterocycles. The first kappa shape index (κ1) is 16.4. The van der Waals surface area contributed by atoms with E-state index in [0.29, 0.717) is 0 Å². The molecule has 0 aliphatic heterocycles. The molecule has 2 heterocycles. The van der Waals surface area contributed by atoms with Gasteiger partial charge in [0.25, 0.3) is 0 Å². The Bertz CT molecular complexity index is 1520. The van der Waals surface area contributed by atoms with Crippen molar-refractivity contribution in [1.82, 2.24) is 9.13 Å². The number of benzene rings is 3. The number of para-hydroxylation sites is 2. The van der Waals surface area contributed by atoms with Crippen LogP contribution in [-0.4, -0.2) is 9.13 Å². The molecule has 6 rings (SSSR count). The SMILES string of the molecule is C=C(C)n1c2ccccc2c2ccc3c4ccccc4n(C4=CCCC=C4)c3c21. The minimum atomic E-state index is 1.04. The zero-order chi connectivity index (χ0) is 19.5. The van der Waals surface area contributed by atoms with E-state index in [1.807, 2.05) is 0 Å². The molecule has 0 N–H and O–H groups in total. The van der Waals surface area contributed by atoms with E-state index in [-0.39, 0.29) is 0 Å². The number of rotatable bonds is 2. The number of allylic oxidation sites excluding steroid dienone is 5. The van der Waals surface area contributed by atoms with Crippen LogP contribution in [0.25, 0.3) is 55.0 Å². The number of fused-ring (bicyclic) bond motifs is 7. The Morgan fingerprint density at radius 3 is 2.10 bits per heavy atom. The number of hydrogen-bond donors (Lipinski definition) is 0. The molecule has 2 nitrogen and oxygen atoms in total. The van der Waals surface area contributed by atoms with Crippen molar-refractivity contribution in [2.75, 3.05) is 0 Å². The summed E-state index contributed by atoms with van der Waals surface area (Å²) in [6.07, 6.45) is 9.10. The summed E-state index contributed by atoms with van der Waals surface area (Å²) >= 11 is 0. The minimum Gasteiger partial charge on any atom is -0.312 e. The second-order valence-electron chi connectivity index (χ2n) is 7.91. The molecule has 140 valence electrons. The molecule has 1 aliphatic rings. The molecule has 0 saturated heterocycles. The monoisotopic (exact) mass is 374 g/mol. The van der Waals surface area contributed by atoms with Crippen molar-refractivity contribution in [1.29, 1.82) is 0 Å². The second-order valence-corrected chi connectivity index (χ2v) is 7.91. The molecular weight excluding hydrogens is 352 g/mol. The summed E-state index contributed by atoms with van der Waals surface area (Å²) in [7, 11) is 0. The molecule has 0 amide bonds. The lowest BCUT2D eigenvalue weighted by Crippen LogP contribution is -1.99. The summed E-state index contributed by atoms with van der Waals surface area (Å²) in [5.41, 5.74) is 7.27. The van der Waals surface area contributed by atoms with Gasteiger partial charge in [-0.2, -0.15) is 0 Å². The van der Waals surface area contributed by atoms with Crippen LogP contribution in [-0.2, 0) is 0 Å². The summed E-state index contributed by atoms with van der Waals surface area (Å²) in [6.45, 7) is 6.42. The van der Waals surface area contributed by atoms with Gasteiger partial charge in [0.1, 0.15) is 0 Å². The Balaban J connectivity index is 1.94. The van der Waals surface area contributed by atoms with E-state index >= 15 is 0 Å². The van der Waals surface area contributed by atoms with Crippen molar-refractivity contribution in [3.63, 3.8) is 0 Å². The third-order valence-corrected chi connectivity index (χ3v) is 6.08. The van der Waals surface area contributed by atoms with Crippen LogP contribution in [0.2, 0.25) is 0 Å². The zero-order valence-electron chi connectivity index (χ0n) is 16.5. The number of aromatic nitrogens is 2. The quantitative estimate of drug-likeness (QED) is 0.301. The largest absolute Gasteiger partial charge is 0.312 e. The van der Waals surface area contributed by atoms with E-state index in [9.17, 15) is 0 Å². The maximum atomic E-state index is 4.33. The predicted octanol–water partition coefficient (Wildman–Crippen LogP) is 7.58. The van der Waals surface area contributed by atoms with Crippen LogP contribution in [0.4, 0.5) is 0 Å². The fraction of sp³-hybridized carbons (Fsp3) is 0.111. The van der Waals surface area contributed by atoms with Gasteiger partial charge in [-0.15, -0.1) is 0 Å². The predicted molar refractivity (Wildman–Crippen MR) is 126 cm³/mol. The first-order valence-electron chi connectivity index (χ1n) is 10.2. The molecule has 29 heavy (non-hydrogen) atoms. The summed E-state index contributed by atoms with van der Waals surface area (Å²) in [5.74, 6) is 0. The Kier molecular flexibility index (Phi) is 3.39. The molecule has 0 bridgehead atoms. The van der Waals surface area contributed by atoms with Crippen molar-refractivity contribution >= 4 is 55.0 Å². The average Bonchev–Trinajstić information content (AvgIpc) is 3.27. The molecule has 0 spiro atoms. The van der Waals surface area contributed by atoms with Gasteiger partial charge in [-0.05, 0) is 38.0 Å². The molecule has 3 aromatic carbocycles. The molecule has 0 atom stereocenters. The van der Waals surface area contributed by atoms with Crippen LogP contribution in [0.1, 0.15) is 19.8 Å². The lowest BCUT2D eigenvalue weighted by Gasteiger charge is -2.14. The Morgan fingerprint density at radius 1 is 0.759 bits per heavy atom. The smallest absolute Gasteiger partial charge is 0.0788 e. The van der Waals surface area contributed by atoms with Gasteiger partial charge in [0.2, 0.25) is 0 Å². The molecular formula is C27H22N2. The molecule has 2 heteroatoms. The first-order chi connectivity index (χ1) is 14.3. The molecule has 5 aromatic rings. The van der Waals surface area contributed by atoms with E-state index in [4.69, 9.17) is 0 Å². The van der Waals surface area contributed by atoms with Crippen molar-refractivity contribution < 1.29 is 0 Å². The summed E-state index contributed by atoms with van der Waals surface area (Å²) in [5, 5.41) is 5.14. The lowest BCUT2D eigenvalue weighted by atomic mass is 10.1.